The number of hydrogen-bond donors (Lipinski definition) is 1. The van der Waals surface area contributed by atoms with Crippen LogP contribution in [0.5, 0.6) is 0 Å². The van der Waals surface area contributed by atoms with E-state index in [-0.39, 0.29) is 28.5 Å². The van der Waals surface area contributed by atoms with Gasteiger partial charge in [-0.3, -0.25) is 9.78 Å². The molecule has 0 spiro atoms. The average Bonchev–Trinajstić information content (AvgIpc) is 2.55. The fourth-order valence-corrected chi connectivity index (χ4v) is 3.34. The van der Waals surface area contributed by atoms with Crippen molar-refractivity contribution >= 4 is 15.7 Å². The molecule has 5 nitrogen and oxygen atoms in total. The zero-order valence-corrected chi connectivity index (χ0v) is 14.9. The second kappa shape index (κ2) is 7.13. The van der Waals surface area contributed by atoms with Crippen molar-refractivity contribution in [2.75, 3.05) is 12.3 Å². The van der Waals surface area contributed by atoms with Crippen molar-refractivity contribution < 1.29 is 13.2 Å². The van der Waals surface area contributed by atoms with Crippen LogP contribution >= 0.6 is 0 Å². The highest BCUT2D eigenvalue weighted by Crippen LogP contribution is 2.23. The van der Waals surface area contributed by atoms with Gasteiger partial charge in [0.1, 0.15) is 0 Å². The second-order valence-corrected chi connectivity index (χ2v) is 8.69. The van der Waals surface area contributed by atoms with Gasteiger partial charge in [-0.25, -0.2) is 8.42 Å². The molecule has 0 saturated carbocycles. The van der Waals surface area contributed by atoms with Crippen LogP contribution in [0.15, 0.2) is 53.7 Å². The van der Waals surface area contributed by atoms with Crippen LogP contribution in [-0.2, 0) is 15.3 Å². The van der Waals surface area contributed by atoms with Gasteiger partial charge in [0, 0.05) is 24.5 Å². The summed E-state index contributed by atoms with van der Waals surface area (Å²) in [7, 11) is -3.43. The summed E-state index contributed by atoms with van der Waals surface area (Å²) in [6.07, 6.45) is 3.03. The summed E-state index contributed by atoms with van der Waals surface area (Å²) in [5.41, 5.74) is 1.50. The Morgan fingerprint density at radius 3 is 2.17 bits per heavy atom. The van der Waals surface area contributed by atoms with Crippen LogP contribution in [-0.4, -0.2) is 31.6 Å². The van der Waals surface area contributed by atoms with E-state index in [2.05, 4.69) is 31.1 Å². The molecule has 1 aromatic heterocycles. The van der Waals surface area contributed by atoms with E-state index in [0.717, 1.165) is 5.56 Å². The molecule has 1 amide bonds. The monoisotopic (exact) mass is 346 g/mol. The van der Waals surface area contributed by atoms with Gasteiger partial charge in [-0.1, -0.05) is 32.9 Å². The van der Waals surface area contributed by atoms with E-state index < -0.39 is 9.84 Å². The Morgan fingerprint density at radius 1 is 1.04 bits per heavy atom. The van der Waals surface area contributed by atoms with Crippen molar-refractivity contribution in [3.8, 4) is 0 Å². The van der Waals surface area contributed by atoms with Crippen LogP contribution in [0.25, 0.3) is 0 Å². The molecule has 0 unspecified atom stereocenters. The van der Waals surface area contributed by atoms with Crippen molar-refractivity contribution in [2.45, 2.75) is 31.1 Å². The minimum atomic E-state index is -3.43. The lowest BCUT2D eigenvalue weighted by Crippen LogP contribution is -2.29. The van der Waals surface area contributed by atoms with Crippen LogP contribution in [0.1, 0.15) is 36.7 Å². The Bertz CT molecular complexity index is 792. The molecule has 1 heterocycles. The number of aromatic nitrogens is 1. The first-order valence-corrected chi connectivity index (χ1v) is 9.37. The Kier molecular flexibility index (Phi) is 5.39. The van der Waals surface area contributed by atoms with E-state index in [0.29, 0.717) is 5.56 Å². The zero-order chi connectivity index (χ0) is 17.8. The summed E-state index contributed by atoms with van der Waals surface area (Å²) in [6.45, 7) is 6.28. The summed E-state index contributed by atoms with van der Waals surface area (Å²) in [6, 6.07) is 10.1. The third kappa shape index (κ3) is 4.64. The first-order chi connectivity index (χ1) is 11.2. The van der Waals surface area contributed by atoms with Gasteiger partial charge in [-0.05, 0) is 35.2 Å². The van der Waals surface area contributed by atoms with Gasteiger partial charge in [0.05, 0.1) is 10.6 Å². The van der Waals surface area contributed by atoms with Gasteiger partial charge < -0.3 is 5.32 Å². The van der Waals surface area contributed by atoms with Gasteiger partial charge in [-0.15, -0.1) is 0 Å². The third-order valence-electron chi connectivity index (χ3n) is 3.68. The fraction of sp³-hybridized carbons (Fsp3) is 0.333. The number of pyridine rings is 1. The standard InChI is InChI=1S/C18H22N2O3S/c1-18(2,3)15-4-6-16(7-5-15)24(22,23)13-12-20-17(21)14-8-10-19-11-9-14/h4-11H,12-13H2,1-3H3,(H,20,21). The molecule has 6 heteroatoms. The highest BCUT2D eigenvalue weighted by molar-refractivity contribution is 7.91. The normalized spacial score (nSPS) is 12.0. The van der Waals surface area contributed by atoms with E-state index in [1.807, 2.05) is 12.1 Å². The summed E-state index contributed by atoms with van der Waals surface area (Å²) < 4.78 is 24.7. The lowest BCUT2D eigenvalue weighted by Gasteiger charge is -2.19. The number of hydrogen-bond acceptors (Lipinski definition) is 4. The molecule has 0 radical (unpaired) electrons. The Balaban J connectivity index is 1.98. The Labute approximate surface area is 143 Å². The lowest BCUT2D eigenvalue weighted by molar-refractivity contribution is 0.0956. The summed E-state index contributed by atoms with van der Waals surface area (Å²) in [5, 5.41) is 2.61. The predicted octanol–water partition coefficient (Wildman–Crippen LogP) is 2.58. The Hall–Kier alpha value is -2.21. The van der Waals surface area contributed by atoms with Crippen molar-refractivity contribution in [1.29, 1.82) is 0 Å². The van der Waals surface area contributed by atoms with Crippen molar-refractivity contribution in [3.05, 3.63) is 59.9 Å². The van der Waals surface area contributed by atoms with Gasteiger partial charge >= 0.3 is 0 Å². The SMILES string of the molecule is CC(C)(C)c1ccc(S(=O)(=O)CCNC(=O)c2ccncc2)cc1. The van der Waals surface area contributed by atoms with E-state index in [9.17, 15) is 13.2 Å². The zero-order valence-electron chi connectivity index (χ0n) is 14.1. The first kappa shape index (κ1) is 18.1. The average molecular weight is 346 g/mol. The van der Waals surface area contributed by atoms with Gasteiger partial charge in [0.25, 0.3) is 5.91 Å². The molecular formula is C18H22N2O3S. The minimum absolute atomic E-state index is 0.0270. The van der Waals surface area contributed by atoms with Crippen LogP contribution in [0.3, 0.4) is 0 Å². The molecule has 0 bridgehead atoms. The minimum Gasteiger partial charge on any atom is -0.351 e. The molecular weight excluding hydrogens is 324 g/mol. The van der Waals surface area contributed by atoms with Crippen molar-refractivity contribution in [2.24, 2.45) is 0 Å². The number of sulfone groups is 1. The van der Waals surface area contributed by atoms with Crippen molar-refractivity contribution in [1.82, 2.24) is 10.3 Å². The fourth-order valence-electron chi connectivity index (χ4n) is 2.18. The molecule has 1 N–H and O–H groups in total. The number of rotatable bonds is 5. The molecule has 0 aliphatic heterocycles. The maximum Gasteiger partial charge on any atom is 0.251 e. The number of benzene rings is 1. The first-order valence-electron chi connectivity index (χ1n) is 7.72. The molecule has 2 rings (SSSR count). The largest absolute Gasteiger partial charge is 0.351 e. The van der Waals surface area contributed by atoms with Gasteiger partial charge in [0.2, 0.25) is 0 Å². The molecule has 0 atom stereocenters. The van der Waals surface area contributed by atoms with Crippen LogP contribution < -0.4 is 5.32 Å². The molecule has 1 aromatic carbocycles. The van der Waals surface area contributed by atoms with Crippen molar-refractivity contribution in [3.63, 3.8) is 0 Å². The number of carbonyl (C=O) groups excluding carboxylic acids is 1. The second-order valence-electron chi connectivity index (χ2n) is 6.59. The number of amides is 1. The van der Waals surface area contributed by atoms with Crippen LogP contribution in [0, 0.1) is 0 Å². The lowest BCUT2D eigenvalue weighted by atomic mass is 9.87. The summed E-state index contributed by atoms with van der Waals surface area (Å²) >= 11 is 0. The summed E-state index contributed by atoms with van der Waals surface area (Å²) in [5.74, 6) is -0.450. The molecule has 0 aliphatic rings. The molecule has 0 saturated heterocycles. The number of nitrogens with zero attached hydrogens (tertiary/aromatic N) is 1. The quantitative estimate of drug-likeness (QED) is 0.903. The summed E-state index contributed by atoms with van der Waals surface area (Å²) in [4.78, 5) is 16.0. The van der Waals surface area contributed by atoms with Gasteiger partial charge in [-0.2, -0.15) is 0 Å². The maximum atomic E-state index is 12.3. The van der Waals surface area contributed by atoms with Gasteiger partial charge in [0.15, 0.2) is 9.84 Å². The number of carbonyl (C=O) groups is 1. The van der Waals surface area contributed by atoms with E-state index in [4.69, 9.17) is 0 Å². The molecule has 128 valence electrons. The smallest absolute Gasteiger partial charge is 0.251 e. The molecule has 2 aromatic rings. The van der Waals surface area contributed by atoms with E-state index in [1.165, 1.54) is 12.4 Å². The predicted molar refractivity (Wildman–Crippen MR) is 93.8 cm³/mol. The Morgan fingerprint density at radius 2 is 1.62 bits per heavy atom. The van der Waals surface area contributed by atoms with E-state index >= 15 is 0 Å². The van der Waals surface area contributed by atoms with Crippen LogP contribution in [0.4, 0.5) is 0 Å². The molecule has 24 heavy (non-hydrogen) atoms. The highest BCUT2D eigenvalue weighted by Gasteiger charge is 2.18. The third-order valence-corrected chi connectivity index (χ3v) is 5.41. The molecule has 0 fully saturated rings. The molecule has 0 aliphatic carbocycles. The van der Waals surface area contributed by atoms with Crippen LogP contribution in [0.2, 0.25) is 0 Å². The topological polar surface area (TPSA) is 76.1 Å². The number of nitrogens with one attached hydrogen (secondary N) is 1. The maximum absolute atomic E-state index is 12.3. The highest BCUT2D eigenvalue weighted by atomic mass is 32.2. The van der Waals surface area contributed by atoms with E-state index in [1.54, 1.807) is 24.3 Å².